The molecule has 0 saturated carbocycles. The maximum absolute atomic E-state index is 12.1. The van der Waals surface area contributed by atoms with Crippen LogP contribution in [0.15, 0.2) is 30.5 Å². The van der Waals surface area contributed by atoms with Crippen molar-refractivity contribution in [2.45, 2.75) is 19.4 Å². The van der Waals surface area contributed by atoms with Gasteiger partial charge in [-0.05, 0) is 36.3 Å². The third kappa shape index (κ3) is 2.88. The van der Waals surface area contributed by atoms with E-state index in [0.717, 1.165) is 23.1 Å². The smallest absolute Gasteiger partial charge is 0.251 e. The Bertz CT molecular complexity index is 535. The average molecular weight is 262 g/mol. The van der Waals surface area contributed by atoms with Gasteiger partial charge in [0.1, 0.15) is 0 Å². The van der Waals surface area contributed by atoms with Crippen molar-refractivity contribution in [2.75, 3.05) is 12.0 Å². The number of amides is 1. The summed E-state index contributed by atoms with van der Waals surface area (Å²) in [6, 6.07) is 7.98. The van der Waals surface area contributed by atoms with Gasteiger partial charge in [0, 0.05) is 29.1 Å². The summed E-state index contributed by atoms with van der Waals surface area (Å²) in [5.41, 5.74) is 1.71. The molecule has 0 saturated heterocycles. The Labute approximate surface area is 111 Å². The topological polar surface area (TPSA) is 44.9 Å². The van der Waals surface area contributed by atoms with Gasteiger partial charge in [0.05, 0.1) is 0 Å². The number of aromatic nitrogens is 1. The van der Waals surface area contributed by atoms with Crippen LogP contribution < -0.4 is 5.32 Å². The highest BCUT2D eigenvalue weighted by molar-refractivity contribution is 7.98. The van der Waals surface area contributed by atoms with E-state index in [1.807, 2.05) is 30.5 Å². The number of H-pyrrole nitrogens is 1. The SMILES string of the molecule is CCC(CSC)NC(=O)c1ccc2cc[nH]c2c1. The van der Waals surface area contributed by atoms with E-state index in [0.29, 0.717) is 5.56 Å². The number of hydrogen-bond acceptors (Lipinski definition) is 2. The number of benzene rings is 1. The lowest BCUT2D eigenvalue weighted by Crippen LogP contribution is -2.36. The molecule has 2 aromatic rings. The highest BCUT2D eigenvalue weighted by Crippen LogP contribution is 2.14. The van der Waals surface area contributed by atoms with Gasteiger partial charge >= 0.3 is 0 Å². The standard InChI is InChI=1S/C14H18N2OS/c1-3-12(9-18-2)16-14(17)11-5-4-10-6-7-15-13(10)8-11/h4-8,12,15H,3,9H2,1-2H3,(H,16,17). The monoisotopic (exact) mass is 262 g/mol. The number of thioether (sulfide) groups is 1. The van der Waals surface area contributed by atoms with Crippen LogP contribution in [0.2, 0.25) is 0 Å². The summed E-state index contributed by atoms with van der Waals surface area (Å²) in [4.78, 5) is 15.2. The van der Waals surface area contributed by atoms with Crippen molar-refractivity contribution in [3.8, 4) is 0 Å². The van der Waals surface area contributed by atoms with Crippen molar-refractivity contribution < 1.29 is 4.79 Å². The lowest BCUT2D eigenvalue weighted by Gasteiger charge is -2.15. The fourth-order valence-electron chi connectivity index (χ4n) is 1.92. The molecule has 96 valence electrons. The van der Waals surface area contributed by atoms with E-state index in [1.165, 1.54) is 0 Å². The zero-order chi connectivity index (χ0) is 13.0. The van der Waals surface area contributed by atoms with Crippen molar-refractivity contribution in [1.82, 2.24) is 10.3 Å². The van der Waals surface area contributed by atoms with Crippen LogP contribution in [-0.4, -0.2) is 28.9 Å². The molecule has 0 fully saturated rings. The number of nitrogens with one attached hydrogen (secondary N) is 2. The number of rotatable bonds is 5. The quantitative estimate of drug-likeness (QED) is 0.870. The molecule has 1 aromatic heterocycles. The normalized spacial score (nSPS) is 12.6. The van der Waals surface area contributed by atoms with Crippen LogP contribution >= 0.6 is 11.8 Å². The van der Waals surface area contributed by atoms with Crippen molar-refractivity contribution in [1.29, 1.82) is 0 Å². The minimum absolute atomic E-state index is 0.00685. The van der Waals surface area contributed by atoms with E-state index in [2.05, 4.69) is 23.5 Å². The van der Waals surface area contributed by atoms with Crippen LogP contribution in [0.25, 0.3) is 10.9 Å². The fraction of sp³-hybridized carbons (Fsp3) is 0.357. The molecule has 2 N–H and O–H groups in total. The maximum Gasteiger partial charge on any atom is 0.251 e. The third-order valence-corrected chi connectivity index (χ3v) is 3.75. The first-order valence-corrected chi connectivity index (χ1v) is 7.51. The molecule has 1 unspecified atom stereocenters. The molecular formula is C14H18N2OS. The van der Waals surface area contributed by atoms with Crippen LogP contribution in [0.5, 0.6) is 0 Å². The molecule has 0 aliphatic carbocycles. The van der Waals surface area contributed by atoms with Gasteiger partial charge in [-0.15, -0.1) is 0 Å². The second kappa shape index (κ2) is 5.96. The predicted molar refractivity (Wildman–Crippen MR) is 78.2 cm³/mol. The molecule has 1 amide bonds. The largest absolute Gasteiger partial charge is 0.361 e. The zero-order valence-corrected chi connectivity index (χ0v) is 11.5. The molecule has 3 nitrogen and oxygen atoms in total. The Morgan fingerprint density at radius 3 is 3.00 bits per heavy atom. The lowest BCUT2D eigenvalue weighted by molar-refractivity contribution is 0.0940. The first-order valence-electron chi connectivity index (χ1n) is 6.11. The Kier molecular flexibility index (Phi) is 4.31. The van der Waals surface area contributed by atoms with Crippen molar-refractivity contribution >= 4 is 28.6 Å². The van der Waals surface area contributed by atoms with E-state index < -0.39 is 0 Å². The molecule has 1 atom stereocenters. The van der Waals surface area contributed by atoms with Gasteiger partial charge < -0.3 is 10.3 Å². The fourth-order valence-corrected chi connectivity index (χ4v) is 2.64. The van der Waals surface area contributed by atoms with Gasteiger partial charge in [-0.1, -0.05) is 13.0 Å². The van der Waals surface area contributed by atoms with Crippen molar-refractivity contribution in [3.05, 3.63) is 36.0 Å². The summed E-state index contributed by atoms with van der Waals surface area (Å²) in [7, 11) is 0. The molecule has 1 aromatic carbocycles. The van der Waals surface area contributed by atoms with Gasteiger partial charge in [0.15, 0.2) is 0 Å². The molecule has 2 rings (SSSR count). The van der Waals surface area contributed by atoms with Crippen molar-refractivity contribution in [3.63, 3.8) is 0 Å². The number of fused-ring (bicyclic) bond motifs is 1. The van der Waals surface area contributed by atoms with Gasteiger partial charge in [-0.2, -0.15) is 11.8 Å². The number of aromatic amines is 1. The molecule has 0 aliphatic heterocycles. The second-order valence-corrected chi connectivity index (χ2v) is 5.22. The van der Waals surface area contributed by atoms with Gasteiger partial charge in [-0.25, -0.2) is 0 Å². The minimum atomic E-state index is 0.00685. The first kappa shape index (κ1) is 13.0. The summed E-state index contributed by atoms with van der Waals surface area (Å²) in [6.07, 6.45) is 4.89. The van der Waals surface area contributed by atoms with E-state index in [1.54, 1.807) is 11.8 Å². The summed E-state index contributed by atoms with van der Waals surface area (Å²) in [5.74, 6) is 0.958. The Balaban J connectivity index is 2.12. The molecule has 0 bridgehead atoms. The Hall–Kier alpha value is -1.42. The van der Waals surface area contributed by atoms with Crippen LogP contribution in [0.4, 0.5) is 0 Å². The van der Waals surface area contributed by atoms with Crippen LogP contribution in [0, 0.1) is 0 Å². The molecule has 18 heavy (non-hydrogen) atoms. The van der Waals surface area contributed by atoms with Gasteiger partial charge in [-0.3, -0.25) is 4.79 Å². The van der Waals surface area contributed by atoms with E-state index in [9.17, 15) is 4.79 Å². The van der Waals surface area contributed by atoms with E-state index >= 15 is 0 Å². The number of hydrogen-bond donors (Lipinski definition) is 2. The van der Waals surface area contributed by atoms with Gasteiger partial charge in [0.2, 0.25) is 0 Å². The minimum Gasteiger partial charge on any atom is -0.361 e. The molecule has 0 aliphatic rings. The first-order chi connectivity index (χ1) is 8.74. The van der Waals surface area contributed by atoms with E-state index in [4.69, 9.17) is 0 Å². The summed E-state index contributed by atoms with van der Waals surface area (Å²) in [6.45, 7) is 2.09. The predicted octanol–water partition coefficient (Wildman–Crippen LogP) is 3.04. The molecule has 0 radical (unpaired) electrons. The Morgan fingerprint density at radius 2 is 2.28 bits per heavy atom. The summed E-state index contributed by atoms with van der Waals surface area (Å²) < 4.78 is 0. The zero-order valence-electron chi connectivity index (χ0n) is 10.7. The highest BCUT2D eigenvalue weighted by atomic mass is 32.2. The summed E-state index contributed by atoms with van der Waals surface area (Å²) in [5, 5.41) is 4.19. The molecule has 0 spiro atoms. The second-order valence-electron chi connectivity index (χ2n) is 4.31. The summed E-state index contributed by atoms with van der Waals surface area (Å²) >= 11 is 1.75. The van der Waals surface area contributed by atoms with Crippen LogP contribution in [-0.2, 0) is 0 Å². The third-order valence-electron chi connectivity index (χ3n) is 3.01. The van der Waals surface area contributed by atoms with E-state index in [-0.39, 0.29) is 11.9 Å². The average Bonchev–Trinajstić information content (AvgIpc) is 2.85. The lowest BCUT2D eigenvalue weighted by atomic mass is 10.1. The molecular weight excluding hydrogens is 244 g/mol. The molecule has 4 heteroatoms. The Morgan fingerprint density at radius 1 is 1.44 bits per heavy atom. The number of carbonyl (C=O) groups excluding carboxylic acids is 1. The number of carbonyl (C=O) groups is 1. The highest BCUT2D eigenvalue weighted by Gasteiger charge is 2.12. The van der Waals surface area contributed by atoms with Gasteiger partial charge in [0.25, 0.3) is 5.91 Å². The molecule has 1 heterocycles. The van der Waals surface area contributed by atoms with Crippen LogP contribution in [0.3, 0.4) is 0 Å². The van der Waals surface area contributed by atoms with Crippen LogP contribution in [0.1, 0.15) is 23.7 Å². The maximum atomic E-state index is 12.1. The van der Waals surface area contributed by atoms with Crippen molar-refractivity contribution in [2.24, 2.45) is 0 Å².